The summed E-state index contributed by atoms with van der Waals surface area (Å²) in [5.74, 6) is 0.0676. The Morgan fingerprint density at radius 2 is 1.81 bits per heavy atom. The van der Waals surface area contributed by atoms with Crippen LogP contribution in [0.5, 0.6) is 0 Å². The van der Waals surface area contributed by atoms with Gasteiger partial charge in [-0.05, 0) is 50.9 Å². The van der Waals surface area contributed by atoms with Crippen molar-refractivity contribution in [3.63, 3.8) is 0 Å². The minimum Gasteiger partial charge on any atom is -0.481 e. The van der Waals surface area contributed by atoms with Crippen molar-refractivity contribution >= 4 is 12.1 Å². The monoisotopic (exact) mass is 299 g/mol. The third kappa shape index (κ3) is 5.94. The lowest BCUT2D eigenvalue weighted by Crippen LogP contribution is -2.42. The maximum atomic E-state index is 11.9. The van der Waals surface area contributed by atoms with Crippen LogP contribution in [0.4, 0.5) is 4.79 Å². The molecule has 0 radical (unpaired) electrons. The van der Waals surface area contributed by atoms with Gasteiger partial charge in [-0.1, -0.05) is 13.3 Å². The van der Waals surface area contributed by atoms with Gasteiger partial charge in [0.2, 0.25) is 0 Å². The van der Waals surface area contributed by atoms with Crippen molar-refractivity contribution in [1.82, 2.24) is 4.90 Å². The highest BCUT2D eigenvalue weighted by atomic mass is 16.5. The zero-order chi connectivity index (χ0) is 15.8. The van der Waals surface area contributed by atoms with E-state index in [0.717, 1.165) is 45.1 Å². The predicted octanol–water partition coefficient (Wildman–Crippen LogP) is 3.52. The summed E-state index contributed by atoms with van der Waals surface area (Å²) in [6.07, 6.45) is 5.96. The molecule has 0 bridgehead atoms. The molecule has 0 saturated heterocycles. The van der Waals surface area contributed by atoms with Gasteiger partial charge in [-0.15, -0.1) is 0 Å². The molecule has 1 N–H and O–H groups in total. The van der Waals surface area contributed by atoms with E-state index in [2.05, 4.69) is 13.8 Å². The largest absolute Gasteiger partial charge is 0.481 e. The van der Waals surface area contributed by atoms with Crippen LogP contribution in [0.1, 0.15) is 58.8 Å². The molecule has 5 nitrogen and oxygen atoms in total. The Labute approximate surface area is 127 Å². The number of amides is 1. The highest BCUT2D eigenvalue weighted by Gasteiger charge is 2.28. The molecule has 1 rings (SSSR count). The number of hydrogen-bond acceptors (Lipinski definition) is 3. The minimum atomic E-state index is -0.703. The maximum absolute atomic E-state index is 11.9. The summed E-state index contributed by atoms with van der Waals surface area (Å²) in [6.45, 7) is 4.91. The second kappa shape index (κ2) is 8.90. The summed E-state index contributed by atoms with van der Waals surface area (Å²) in [5.41, 5.74) is 0. The van der Waals surface area contributed by atoms with E-state index in [-0.39, 0.29) is 18.6 Å². The predicted molar refractivity (Wildman–Crippen MR) is 81.2 cm³/mol. The number of carbonyl (C=O) groups excluding carboxylic acids is 1. The first-order valence-electron chi connectivity index (χ1n) is 8.04. The van der Waals surface area contributed by atoms with Crippen LogP contribution in [0.25, 0.3) is 0 Å². The van der Waals surface area contributed by atoms with E-state index < -0.39 is 5.97 Å². The van der Waals surface area contributed by atoms with Crippen molar-refractivity contribution in [3.8, 4) is 0 Å². The maximum Gasteiger partial charge on any atom is 0.409 e. The molecule has 0 aliphatic heterocycles. The average molecular weight is 299 g/mol. The fourth-order valence-corrected chi connectivity index (χ4v) is 3.27. The number of carbonyl (C=O) groups is 2. The fourth-order valence-electron chi connectivity index (χ4n) is 3.27. The molecular weight excluding hydrogens is 270 g/mol. The number of carboxylic acid groups (broad SMARTS) is 1. The van der Waals surface area contributed by atoms with Crippen molar-refractivity contribution in [1.29, 1.82) is 0 Å². The van der Waals surface area contributed by atoms with Gasteiger partial charge >= 0.3 is 12.1 Å². The molecule has 0 spiro atoms. The number of carboxylic acids is 1. The molecule has 0 aromatic carbocycles. The molecule has 1 aliphatic rings. The Hall–Kier alpha value is -1.26. The molecule has 5 heteroatoms. The number of nitrogens with zero attached hydrogens (tertiary/aromatic N) is 1. The van der Waals surface area contributed by atoms with Gasteiger partial charge in [0.15, 0.2) is 0 Å². The van der Waals surface area contributed by atoms with Crippen LogP contribution in [-0.4, -0.2) is 41.8 Å². The molecule has 1 fully saturated rings. The van der Waals surface area contributed by atoms with Crippen molar-refractivity contribution in [2.75, 3.05) is 13.7 Å². The van der Waals surface area contributed by atoms with Crippen molar-refractivity contribution in [2.24, 2.45) is 11.8 Å². The second-order valence-corrected chi connectivity index (χ2v) is 6.24. The first-order chi connectivity index (χ1) is 9.97. The van der Waals surface area contributed by atoms with E-state index in [1.165, 1.54) is 7.11 Å². The van der Waals surface area contributed by atoms with Crippen molar-refractivity contribution in [3.05, 3.63) is 0 Å². The fraction of sp³-hybridized carbons (Fsp3) is 0.875. The molecular formula is C16H29NO4. The lowest BCUT2D eigenvalue weighted by Gasteiger charge is -2.34. The summed E-state index contributed by atoms with van der Waals surface area (Å²) >= 11 is 0. The van der Waals surface area contributed by atoms with Gasteiger partial charge < -0.3 is 14.7 Å². The van der Waals surface area contributed by atoms with Gasteiger partial charge in [-0.25, -0.2) is 4.79 Å². The Kier molecular flexibility index (Phi) is 7.54. The minimum absolute atomic E-state index is 0.194. The topological polar surface area (TPSA) is 66.8 Å². The van der Waals surface area contributed by atoms with Crippen LogP contribution in [-0.2, 0) is 9.53 Å². The van der Waals surface area contributed by atoms with Crippen molar-refractivity contribution in [2.45, 2.75) is 64.8 Å². The van der Waals surface area contributed by atoms with E-state index in [9.17, 15) is 9.59 Å². The van der Waals surface area contributed by atoms with Crippen LogP contribution in [0, 0.1) is 11.8 Å². The molecule has 1 amide bonds. The zero-order valence-corrected chi connectivity index (χ0v) is 13.5. The number of rotatable bonds is 7. The van der Waals surface area contributed by atoms with Gasteiger partial charge in [0.05, 0.1) is 7.11 Å². The quantitative estimate of drug-likeness (QED) is 0.781. The summed E-state index contributed by atoms with van der Waals surface area (Å²) < 4.78 is 4.90. The third-order valence-electron chi connectivity index (χ3n) is 4.53. The molecule has 122 valence electrons. The molecule has 1 atom stereocenters. The normalized spacial score (nSPS) is 23.4. The molecule has 0 heterocycles. The van der Waals surface area contributed by atoms with Crippen LogP contribution in [0.2, 0.25) is 0 Å². The van der Waals surface area contributed by atoms with Crippen molar-refractivity contribution < 1.29 is 19.4 Å². The second-order valence-electron chi connectivity index (χ2n) is 6.24. The lowest BCUT2D eigenvalue weighted by atomic mass is 9.80. The van der Waals surface area contributed by atoms with Gasteiger partial charge in [0.1, 0.15) is 0 Å². The summed E-state index contributed by atoms with van der Waals surface area (Å²) in [5, 5.41) is 8.84. The Bertz CT molecular complexity index is 337. The van der Waals surface area contributed by atoms with Crippen LogP contribution in [0.3, 0.4) is 0 Å². The Balaban J connectivity index is 2.49. The Morgan fingerprint density at radius 1 is 1.24 bits per heavy atom. The van der Waals surface area contributed by atoms with E-state index in [1.807, 2.05) is 4.90 Å². The summed E-state index contributed by atoms with van der Waals surface area (Å²) in [4.78, 5) is 24.5. The zero-order valence-electron chi connectivity index (χ0n) is 13.5. The third-order valence-corrected chi connectivity index (χ3v) is 4.53. The van der Waals surface area contributed by atoms with Crippen LogP contribution < -0.4 is 0 Å². The standard InChI is InChI=1S/C16H29NO4/c1-4-5-12(2)17(16(20)21-3)11-14-8-6-13(7-9-14)10-15(18)19/h12-14H,4-11H2,1-3H3,(H,18,19)/t12?,13-,14-. The smallest absolute Gasteiger partial charge is 0.409 e. The van der Waals surface area contributed by atoms with Gasteiger partial charge in [0.25, 0.3) is 0 Å². The van der Waals surface area contributed by atoms with Crippen LogP contribution >= 0.6 is 0 Å². The van der Waals surface area contributed by atoms with E-state index in [1.54, 1.807) is 0 Å². The van der Waals surface area contributed by atoms with E-state index in [0.29, 0.717) is 11.8 Å². The molecule has 1 saturated carbocycles. The SMILES string of the molecule is CCCC(C)N(C[C@H]1CC[C@H](CC(=O)O)CC1)C(=O)OC. The van der Waals surface area contributed by atoms with E-state index in [4.69, 9.17) is 9.84 Å². The van der Waals surface area contributed by atoms with E-state index >= 15 is 0 Å². The molecule has 1 unspecified atom stereocenters. The van der Waals surface area contributed by atoms with Gasteiger partial charge in [-0.2, -0.15) is 0 Å². The number of aliphatic carboxylic acids is 1. The van der Waals surface area contributed by atoms with Gasteiger partial charge in [0, 0.05) is 19.0 Å². The highest BCUT2D eigenvalue weighted by molar-refractivity contribution is 5.68. The highest BCUT2D eigenvalue weighted by Crippen LogP contribution is 2.31. The average Bonchev–Trinajstić information content (AvgIpc) is 2.45. The summed E-state index contributed by atoms with van der Waals surface area (Å²) in [7, 11) is 1.43. The lowest BCUT2D eigenvalue weighted by molar-refractivity contribution is -0.138. The first-order valence-corrected chi connectivity index (χ1v) is 8.04. The summed E-state index contributed by atoms with van der Waals surface area (Å²) in [6, 6.07) is 0.194. The molecule has 0 aromatic heterocycles. The number of ether oxygens (including phenoxy) is 1. The molecule has 1 aliphatic carbocycles. The first kappa shape index (κ1) is 17.8. The van der Waals surface area contributed by atoms with Gasteiger partial charge in [-0.3, -0.25) is 4.79 Å². The molecule has 0 aromatic rings. The Morgan fingerprint density at radius 3 is 2.29 bits per heavy atom. The molecule has 21 heavy (non-hydrogen) atoms. The number of methoxy groups -OCH3 is 1. The number of hydrogen-bond donors (Lipinski definition) is 1. The van der Waals surface area contributed by atoms with Crippen LogP contribution in [0.15, 0.2) is 0 Å².